The lowest BCUT2D eigenvalue weighted by Crippen LogP contribution is -2.46. The first-order valence-corrected chi connectivity index (χ1v) is 14.1. The Bertz CT molecular complexity index is 1840. The molecule has 210 valence electrons. The molecule has 2 saturated heterocycles. The van der Waals surface area contributed by atoms with Crippen molar-refractivity contribution in [3.63, 3.8) is 0 Å². The van der Waals surface area contributed by atoms with Crippen LogP contribution in [-0.4, -0.2) is 70.0 Å². The Morgan fingerprint density at radius 1 is 1.00 bits per heavy atom. The minimum absolute atomic E-state index is 0.00758. The molecule has 0 radical (unpaired) electrons. The van der Waals surface area contributed by atoms with Crippen molar-refractivity contribution in [2.75, 3.05) is 11.9 Å². The summed E-state index contributed by atoms with van der Waals surface area (Å²) in [6, 6.07) is 10.3. The highest BCUT2D eigenvalue weighted by atomic mass is 19.1. The monoisotopic (exact) mass is 563 g/mol. The second kappa shape index (κ2) is 9.54. The van der Waals surface area contributed by atoms with Crippen molar-refractivity contribution in [1.29, 1.82) is 0 Å². The van der Waals surface area contributed by atoms with Gasteiger partial charge in [-0.05, 0) is 43.9 Å². The van der Waals surface area contributed by atoms with E-state index in [1.165, 1.54) is 12.4 Å². The first-order valence-electron chi connectivity index (χ1n) is 14.1. The van der Waals surface area contributed by atoms with E-state index in [1.54, 1.807) is 41.2 Å². The highest BCUT2D eigenvalue weighted by molar-refractivity contribution is 6.04. The van der Waals surface area contributed by atoms with Gasteiger partial charge >= 0.3 is 0 Å². The molecule has 3 aliphatic rings. The van der Waals surface area contributed by atoms with Gasteiger partial charge in [0.2, 0.25) is 5.82 Å². The molecule has 4 aromatic heterocycles. The third-order valence-electron chi connectivity index (χ3n) is 8.79. The lowest BCUT2D eigenvalue weighted by atomic mass is 9.84. The number of carbonyl (C=O) groups is 2. The second-order valence-corrected chi connectivity index (χ2v) is 11.1. The van der Waals surface area contributed by atoms with Gasteiger partial charge in [-0.2, -0.15) is 14.7 Å². The van der Waals surface area contributed by atoms with Crippen molar-refractivity contribution in [1.82, 2.24) is 39.7 Å². The summed E-state index contributed by atoms with van der Waals surface area (Å²) in [5, 5.41) is 14.5. The smallest absolute Gasteiger partial charge is 0.291 e. The molecule has 8 rings (SSSR count). The minimum atomic E-state index is -0.329. The molecule has 5 aromatic rings. The molecule has 2 N–H and O–H groups in total. The number of amides is 1. The van der Waals surface area contributed by atoms with Crippen molar-refractivity contribution in [3.05, 3.63) is 78.0 Å². The van der Waals surface area contributed by atoms with Gasteiger partial charge in [-0.1, -0.05) is 18.2 Å². The van der Waals surface area contributed by atoms with E-state index >= 15 is 0 Å². The number of hydrogen-bond acceptors (Lipinski definition) is 8. The highest BCUT2D eigenvalue weighted by Gasteiger charge is 2.46. The molecule has 0 saturated carbocycles. The number of halogens is 1. The Morgan fingerprint density at radius 3 is 2.57 bits per heavy atom. The van der Waals surface area contributed by atoms with Crippen LogP contribution >= 0.6 is 0 Å². The number of aromatic nitrogens is 7. The Balaban J connectivity index is 1.18. The van der Waals surface area contributed by atoms with E-state index in [-0.39, 0.29) is 41.3 Å². The number of hydrogen-bond donors (Lipinski definition) is 2. The maximum absolute atomic E-state index is 14.3. The zero-order valence-electron chi connectivity index (χ0n) is 22.5. The molecule has 42 heavy (non-hydrogen) atoms. The number of H-pyrrole nitrogens is 1. The number of rotatable bonds is 4. The van der Waals surface area contributed by atoms with Crippen LogP contribution in [0.25, 0.3) is 28.0 Å². The molecule has 3 aliphatic heterocycles. The molecule has 0 aliphatic carbocycles. The Kier molecular flexibility index (Phi) is 5.62. The topological polar surface area (TPSA) is 134 Å². The van der Waals surface area contributed by atoms with Crippen LogP contribution in [-0.2, 0) is 0 Å². The third kappa shape index (κ3) is 3.81. The highest BCUT2D eigenvalue weighted by Crippen LogP contribution is 2.45. The summed E-state index contributed by atoms with van der Waals surface area (Å²) in [4.78, 5) is 42.2. The predicted molar refractivity (Wildman–Crippen MR) is 150 cm³/mol. The van der Waals surface area contributed by atoms with Crippen molar-refractivity contribution in [2.24, 2.45) is 0 Å². The van der Waals surface area contributed by atoms with Gasteiger partial charge in [-0.25, -0.2) is 14.4 Å². The number of ketones is 1. The van der Waals surface area contributed by atoms with Crippen LogP contribution in [0.3, 0.4) is 0 Å². The zero-order chi connectivity index (χ0) is 28.4. The van der Waals surface area contributed by atoms with Crippen LogP contribution in [0.1, 0.15) is 64.7 Å². The van der Waals surface area contributed by atoms with Gasteiger partial charge in [0.15, 0.2) is 11.4 Å². The summed E-state index contributed by atoms with van der Waals surface area (Å²) in [7, 11) is 0. The van der Waals surface area contributed by atoms with E-state index < -0.39 is 0 Å². The third-order valence-corrected chi connectivity index (χ3v) is 8.79. The number of nitrogens with zero attached hydrogens (tertiary/aromatic N) is 7. The van der Waals surface area contributed by atoms with Gasteiger partial charge < -0.3 is 10.2 Å². The van der Waals surface area contributed by atoms with Crippen LogP contribution < -0.4 is 5.32 Å². The summed E-state index contributed by atoms with van der Waals surface area (Å²) in [5.74, 6) is 0.499. The van der Waals surface area contributed by atoms with Gasteiger partial charge in [0.1, 0.15) is 18.0 Å². The van der Waals surface area contributed by atoms with Crippen molar-refractivity contribution in [2.45, 2.75) is 50.1 Å². The summed E-state index contributed by atoms with van der Waals surface area (Å²) >= 11 is 0. The number of aromatic amines is 1. The van der Waals surface area contributed by atoms with Gasteiger partial charge in [-0.15, -0.1) is 0 Å². The van der Waals surface area contributed by atoms with E-state index in [1.807, 2.05) is 11.0 Å². The zero-order valence-corrected chi connectivity index (χ0v) is 22.5. The van der Waals surface area contributed by atoms with Crippen molar-refractivity contribution in [3.8, 4) is 22.4 Å². The van der Waals surface area contributed by atoms with E-state index in [4.69, 9.17) is 4.98 Å². The molecular formula is C30H26FN9O2. The first kappa shape index (κ1) is 24.8. The van der Waals surface area contributed by atoms with Crippen LogP contribution in [0.15, 0.2) is 55.1 Å². The van der Waals surface area contributed by atoms with Crippen molar-refractivity contribution >= 4 is 23.2 Å². The minimum Gasteiger partial charge on any atom is -0.369 e. The standard InChI is InChI=1S/C30H26FN9O2/c31-22-4-2-1-3-20(22)23-8-5-16(13-33-23)21-14-36-40-28(21)37-26(25-24(41)9-10-32-29(25)40)17-11-18-6-7-19(12-17)39(18)30(42)27-34-15-35-38-27/h1-5,8,13-15,17-19,32H,6-7,9-12H2,(H,34,35,38). The average Bonchev–Trinajstić information content (AvgIpc) is 3.75. The number of fused-ring (bicyclic) bond motifs is 5. The molecule has 7 heterocycles. The molecule has 0 spiro atoms. The summed E-state index contributed by atoms with van der Waals surface area (Å²) in [5.41, 5.74) is 4.51. The van der Waals surface area contributed by atoms with Gasteiger partial charge in [0.25, 0.3) is 5.91 Å². The number of benzene rings is 1. The normalized spacial score (nSPS) is 21.4. The lowest BCUT2D eigenvalue weighted by molar-refractivity contribution is 0.0556. The van der Waals surface area contributed by atoms with Crippen LogP contribution in [0.5, 0.6) is 0 Å². The Hall–Kier alpha value is -5.00. The van der Waals surface area contributed by atoms with Crippen LogP contribution in [0, 0.1) is 5.82 Å². The van der Waals surface area contributed by atoms with E-state index in [0.717, 1.165) is 29.7 Å². The summed E-state index contributed by atoms with van der Waals surface area (Å²) < 4.78 is 16.0. The SMILES string of the molecule is O=C1CCNc2c1c(C1CC3CCC(C1)N3C(=O)c1ncn[nH]1)nc1c(-c3ccc(-c4ccccc4F)nc3)cnn21. The maximum Gasteiger partial charge on any atom is 0.291 e. The average molecular weight is 564 g/mol. The fourth-order valence-electron chi connectivity index (χ4n) is 6.91. The van der Waals surface area contributed by atoms with Crippen LogP contribution in [0.4, 0.5) is 10.2 Å². The number of nitrogens with one attached hydrogen (secondary N) is 2. The largest absolute Gasteiger partial charge is 0.369 e. The number of Topliss-reactive ketones (excluding diaryl/α,β-unsaturated/α-hetero) is 1. The fourth-order valence-corrected chi connectivity index (χ4v) is 6.91. The van der Waals surface area contributed by atoms with E-state index in [2.05, 4.69) is 30.6 Å². The van der Waals surface area contributed by atoms with E-state index in [0.29, 0.717) is 54.1 Å². The molecular weight excluding hydrogens is 537 g/mol. The first-order chi connectivity index (χ1) is 20.6. The predicted octanol–water partition coefficient (Wildman–Crippen LogP) is 4.26. The molecule has 1 aromatic carbocycles. The number of piperidine rings is 1. The maximum atomic E-state index is 14.3. The van der Waals surface area contributed by atoms with Gasteiger partial charge in [-0.3, -0.25) is 19.7 Å². The Morgan fingerprint density at radius 2 is 1.83 bits per heavy atom. The second-order valence-electron chi connectivity index (χ2n) is 11.1. The molecule has 1 amide bonds. The lowest BCUT2D eigenvalue weighted by Gasteiger charge is -2.39. The van der Waals surface area contributed by atoms with Gasteiger partial charge in [0, 0.05) is 53.9 Å². The van der Waals surface area contributed by atoms with Crippen molar-refractivity contribution < 1.29 is 14.0 Å². The molecule has 12 heteroatoms. The molecule has 11 nitrogen and oxygen atoms in total. The molecule has 2 atom stereocenters. The fraction of sp³-hybridized carbons (Fsp3) is 0.300. The Labute approximate surface area is 239 Å². The van der Waals surface area contributed by atoms with Crippen LogP contribution in [0.2, 0.25) is 0 Å². The quantitative estimate of drug-likeness (QED) is 0.331. The van der Waals surface area contributed by atoms with Gasteiger partial charge in [0.05, 0.1) is 23.1 Å². The molecule has 2 fully saturated rings. The molecule has 2 bridgehead atoms. The number of pyridine rings is 1. The number of carbonyl (C=O) groups excluding carboxylic acids is 2. The molecule has 2 unspecified atom stereocenters. The van der Waals surface area contributed by atoms with E-state index in [9.17, 15) is 14.0 Å². The summed E-state index contributed by atoms with van der Waals surface area (Å²) in [6.07, 6.45) is 8.38. The number of anilines is 1. The summed E-state index contributed by atoms with van der Waals surface area (Å²) in [6.45, 7) is 0.522.